The highest BCUT2D eigenvalue weighted by Gasteiger charge is 2.25. The number of carbonyl (C=O) groups is 2. The van der Waals surface area contributed by atoms with Crippen LogP contribution in [-0.4, -0.2) is 32.0 Å². The molecule has 1 amide bonds. The maximum atomic E-state index is 13.5. The number of carbonyl (C=O) groups excluding carboxylic acids is 2. The van der Waals surface area contributed by atoms with E-state index in [0.29, 0.717) is 5.39 Å². The Balaban J connectivity index is 1.66. The summed E-state index contributed by atoms with van der Waals surface area (Å²) in [4.78, 5) is 23.1. The van der Waals surface area contributed by atoms with Gasteiger partial charge in [0.05, 0.1) is 21.5 Å². The predicted octanol–water partition coefficient (Wildman–Crippen LogP) is 5.98. The first kappa shape index (κ1) is 26.3. The second kappa shape index (κ2) is 10.7. The Kier molecular flexibility index (Phi) is 7.58. The van der Waals surface area contributed by atoms with Crippen LogP contribution in [0.2, 0.25) is 10.0 Å². The van der Waals surface area contributed by atoms with E-state index in [1.165, 1.54) is 30.3 Å². The molecule has 0 aliphatic rings. The summed E-state index contributed by atoms with van der Waals surface area (Å²) < 4.78 is 37.4. The highest BCUT2D eigenvalue weighted by molar-refractivity contribution is 7.91. The van der Waals surface area contributed by atoms with Crippen LogP contribution < -0.4 is 10.1 Å². The van der Waals surface area contributed by atoms with Crippen LogP contribution in [0.3, 0.4) is 0 Å². The van der Waals surface area contributed by atoms with E-state index in [-0.39, 0.29) is 43.6 Å². The molecule has 0 radical (unpaired) electrons. The number of sulfone groups is 1. The van der Waals surface area contributed by atoms with Gasteiger partial charge in [0.2, 0.25) is 9.84 Å². The van der Waals surface area contributed by atoms with Crippen molar-refractivity contribution in [3.05, 3.63) is 82.8 Å². The highest BCUT2D eigenvalue weighted by atomic mass is 35.5. The number of ether oxygens (including phenoxy) is 2. The summed E-state index contributed by atoms with van der Waals surface area (Å²) in [5.41, 5.74) is 0.116. The summed E-state index contributed by atoms with van der Waals surface area (Å²) in [7, 11) is -4.15. The van der Waals surface area contributed by atoms with E-state index in [1.54, 1.807) is 43.3 Å². The van der Waals surface area contributed by atoms with Gasteiger partial charge in [0, 0.05) is 17.1 Å². The molecule has 11 heteroatoms. The zero-order valence-electron chi connectivity index (χ0n) is 19.2. The van der Waals surface area contributed by atoms with E-state index in [4.69, 9.17) is 27.9 Å². The SMILES string of the molecule is CCOC(=O)C(=O)Nc1cc(Cl)c(Oc2ccc(O)c(S(=O)(=O)c3cccc4ccccc34)c2)c(Cl)c1. The number of nitrogens with one attached hydrogen (secondary N) is 1. The van der Waals surface area contributed by atoms with E-state index in [2.05, 4.69) is 10.1 Å². The smallest absolute Gasteiger partial charge is 0.397 e. The zero-order valence-corrected chi connectivity index (χ0v) is 21.5. The first-order valence-electron chi connectivity index (χ1n) is 10.8. The summed E-state index contributed by atoms with van der Waals surface area (Å²) in [6, 6.07) is 18.2. The summed E-state index contributed by atoms with van der Waals surface area (Å²) in [5, 5.41) is 13.9. The van der Waals surface area contributed by atoms with E-state index >= 15 is 0 Å². The topological polar surface area (TPSA) is 119 Å². The van der Waals surface area contributed by atoms with Crippen molar-refractivity contribution in [1.82, 2.24) is 0 Å². The minimum atomic E-state index is -4.15. The molecule has 0 fully saturated rings. The zero-order chi connectivity index (χ0) is 26.7. The van der Waals surface area contributed by atoms with Crippen molar-refractivity contribution >= 4 is 61.4 Å². The number of halogens is 2. The van der Waals surface area contributed by atoms with Crippen molar-refractivity contribution in [1.29, 1.82) is 0 Å². The Labute approximate surface area is 222 Å². The number of hydrogen-bond donors (Lipinski definition) is 2. The summed E-state index contributed by atoms with van der Waals surface area (Å²) in [6.07, 6.45) is 0. The van der Waals surface area contributed by atoms with Crippen LogP contribution in [0.5, 0.6) is 17.2 Å². The third-order valence-electron chi connectivity index (χ3n) is 5.20. The van der Waals surface area contributed by atoms with Gasteiger partial charge < -0.3 is 19.9 Å². The quantitative estimate of drug-likeness (QED) is 0.220. The molecule has 0 bridgehead atoms. The van der Waals surface area contributed by atoms with E-state index in [9.17, 15) is 23.1 Å². The van der Waals surface area contributed by atoms with Crippen LogP contribution in [-0.2, 0) is 24.2 Å². The number of amides is 1. The van der Waals surface area contributed by atoms with Crippen LogP contribution in [0.1, 0.15) is 6.92 Å². The number of fused-ring (bicyclic) bond motifs is 1. The largest absolute Gasteiger partial charge is 0.507 e. The second-order valence-electron chi connectivity index (χ2n) is 7.66. The molecule has 190 valence electrons. The number of phenols is 1. The molecule has 0 unspecified atom stereocenters. The van der Waals surface area contributed by atoms with Gasteiger partial charge in [-0.3, -0.25) is 4.79 Å². The first-order chi connectivity index (χ1) is 17.6. The van der Waals surface area contributed by atoms with Gasteiger partial charge in [0.15, 0.2) is 5.75 Å². The maximum Gasteiger partial charge on any atom is 0.397 e. The Morgan fingerprint density at radius 2 is 1.59 bits per heavy atom. The number of phenolic OH excluding ortho intramolecular Hbond substituents is 1. The maximum absolute atomic E-state index is 13.5. The standard InChI is InChI=1S/C26H19Cl2NO7S/c1-2-35-26(32)25(31)29-16-12-19(27)24(20(28)13-16)36-17-10-11-21(30)23(14-17)37(33,34)22-9-5-7-15-6-3-4-8-18(15)22/h3-14,30H,2H2,1H3,(H,29,31). The molecule has 0 heterocycles. The third-order valence-corrected chi connectivity index (χ3v) is 7.60. The van der Waals surface area contributed by atoms with Crippen molar-refractivity contribution < 1.29 is 32.6 Å². The molecule has 0 atom stereocenters. The molecule has 0 spiro atoms. The summed E-state index contributed by atoms with van der Waals surface area (Å²) >= 11 is 12.6. The van der Waals surface area contributed by atoms with Gasteiger partial charge in [0.1, 0.15) is 16.4 Å². The van der Waals surface area contributed by atoms with Crippen molar-refractivity contribution in [2.75, 3.05) is 11.9 Å². The van der Waals surface area contributed by atoms with Gasteiger partial charge in [0.25, 0.3) is 0 Å². The van der Waals surface area contributed by atoms with Crippen molar-refractivity contribution in [2.24, 2.45) is 0 Å². The fraction of sp³-hybridized carbons (Fsp3) is 0.0769. The third kappa shape index (κ3) is 5.48. The molecule has 0 aromatic heterocycles. The molecule has 4 aromatic carbocycles. The van der Waals surface area contributed by atoms with Gasteiger partial charge in [-0.2, -0.15) is 0 Å². The molecule has 8 nitrogen and oxygen atoms in total. The fourth-order valence-corrected chi connectivity index (χ4v) is 5.70. The van der Waals surface area contributed by atoms with Gasteiger partial charge in [-0.1, -0.05) is 59.6 Å². The Morgan fingerprint density at radius 1 is 0.919 bits per heavy atom. The van der Waals surface area contributed by atoms with E-state index in [0.717, 1.165) is 11.5 Å². The van der Waals surface area contributed by atoms with Crippen molar-refractivity contribution in [3.63, 3.8) is 0 Å². The molecule has 4 rings (SSSR count). The van der Waals surface area contributed by atoms with Gasteiger partial charge in [-0.25, -0.2) is 13.2 Å². The molecule has 4 aromatic rings. The lowest BCUT2D eigenvalue weighted by atomic mass is 10.1. The van der Waals surface area contributed by atoms with E-state index < -0.39 is 27.5 Å². The normalized spacial score (nSPS) is 11.2. The van der Waals surface area contributed by atoms with Crippen molar-refractivity contribution in [2.45, 2.75) is 16.7 Å². The molecule has 37 heavy (non-hydrogen) atoms. The number of aromatic hydroxyl groups is 1. The minimum absolute atomic E-state index is 0.0239. The molecular formula is C26H19Cl2NO7S. The van der Waals surface area contributed by atoms with Crippen LogP contribution in [0.4, 0.5) is 5.69 Å². The lowest BCUT2D eigenvalue weighted by molar-refractivity contribution is -0.152. The van der Waals surface area contributed by atoms with E-state index in [1.807, 2.05) is 0 Å². The molecule has 0 saturated carbocycles. The molecule has 0 aliphatic carbocycles. The first-order valence-corrected chi connectivity index (χ1v) is 13.1. The lowest BCUT2D eigenvalue weighted by Gasteiger charge is -2.14. The number of hydrogen-bond acceptors (Lipinski definition) is 7. The Morgan fingerprint density at radius 3 is 2.30 bits per heavy atom. The number of anilines is 1. The van der Waals surface area contributed by atoms with Crippen LogP contribution in [0.15, 0.2) is 82.6 Å². The molecule has 2 N–H and O–H groups in total. The predicted molar refractivity (Wildman–Crippen MR) is 139 cm³/mol. The highest BCUT2D eigenvalue weighted by Crippen LogP contribution is 2.41. The second-order valence-corrected chi connectivity index (χ2v) is 10.4. The van der Waals surface area contributed by atoms with Crippen molar-refractivity contribution in [3.8, 4) is 17.2 Å². The average molecular weight is 560 g/mol. The lowest BCUT2D eigenvalue weighted by Crippen LogP contribution is -2.24. The Hall–Kier alpha value is -3.79. The van der Waals surface area contributed by atoms with Gasteiger partial charge >= 0.3 is 11.9 Å². The number of benzene rings is 4. The number of esters is 1. The molecule has 0 saturated heterocycles. The average Bonchev–Trinajstić information content (AvgIpc) is 2.86. The monoisotopic (exact) mass is 559 g/mol. The van der Waals surface area contributed by atoms with Gasteiger partial charge in [-0.15, -0.1) is 0 Å². The minimum Gasteiger partial charge on any atom is -0.507 e. The van der Waals surface area contributed by atoms with Crippen LogP contribution >= 0.6 is 23.2 Å². The van der Waals surface area contributed by atoms with Gasteiger partial charge in [-0.05, 0) is 42.6 Å². The van der Waals surface area contributed by atoms with Crippen LogP contribution in [0.25, 0.3) is 10.8 Å². The molecular weight excluding hydrogens is 541 g/mol. The fourth-order valence-electron chi connectivity index (χ4n) is 3.55. The molecule has 0 aliphatic heterocycles. The summed E-state index contributed by atoms with van der Waals surface area (Å²) in [6.45, 7) is 1.60. The van der Waals surface area contributed by atoms with Crippen LogP contribution in [0, 0.1) is 0 Å². The number of rotatable bonds is 6. The summed E-state index contributed by atoms with van der Waals surface area (Å²) in [5.74, 6) is -2.54. The Bertz CT molecular complexity index is 1610.